The molecule has 1 atom stereocenters. The Morgan fingerprint density at radius 2 is 2.08 bits per heavy atom. The minimum atomic E-state index is 0.372. The van der Waals surface area contributed by atoms with E-state index < -0.39 is 0 Å². The summed E-state index contributed by atoms with van der Waals surface area (Å²) in [5.41, 5.74) is 1.06. The quantitative estimate of drug-likeness (QED) is 0.782. The summed E-state index contributed by atoms with van der Waals surface area (Å²) in [4.78, 5) is 0. The van der Waals surface area contributed by atoms with Crippen LogP contribution >= 0.6 is 11.6 Å². The lowest BCUT2D eigenvalue weighted by atomic mass is 10.2. The maximum atomic E-state index is 5.98. The molecule has 1 aromatic rings. The van der Waals surface area contributed by atoms with E-state index >= 15 is 0 Å². The van der Waals surface area contributed by atoms with Crippen molar-refractivity contribution in [3.8, 4) is 0 Å². The first kappa shape index (κ1) is 10.3. The molecule has 0 bridgehead atoms. The number of hydrogen-bond donors (Lipinski definition) is 1. The predicted molar refractivity (Wildman–Crippen MR) is 59.0 cm³/mol. The Kier molecular flexibility index (Phi) is 4.00. The molecule has 0 aliphatic rings. The summed E-state index contributed by atoms with van der Waals surface area (Å²) in [5.74, 6) is 0. The highest BCUT2D eigenvalue weighted by Gasteiger charge is 1.94. The first-order chi connectivity index (χ1) is 6.24. The maximum Gasteiger partial charge on any atom is 0.0478 e. The van der Waals surface area contributed by atoms with E-state index in [-0.39, 0.29) is 0 Å². The number of hydrogen-bond acceptors (Lipinski definition) is 1. The van der Waals surface area contributed by atoms with Gasteiger partial charge in [-0.3, -0.25) is 0 Å². The fourth-order valence-corrected chi connectivity index (χ4v) is 1.15. The van der Waals surface area contributed by atoms with Gasteiger partial charge in [-0.15, -0.1) is 0 Å². The average Bonchev–Trinajstić information content (AvgIpc) is 2.16. The van der Waals surface area contributed by atoms with Crippen molar-refractivity contribution < 1.29 is 0 Å². The second kappa shape index (κ2) is 5.05. The van der Waals surface area contributed by atoms with Crippen molar-refractivity contribution in [2.75, 3.05) is 7.05 Å². The second-order valence-corrected chi connectivity index (χ2v) is 3.37. The van der Waals surface area contributed by atoms with Crippen molar-refractivity contribution in [2.24, 2.45) is 0 Å². The van der Waals surface area contributed by atoms with E-state index in [2.05, 4.69) is 18.3 Å². The highest BCUT2D eigenvalue weighted by Crippen LogP contribution is 2.16. The summed E-state index contributed by atoms with van der Waals surface area (Å²) in [6.07, 6.45) is 4.12. The number of benzene rings is 1. The van der Waals surface area contributed by atoms with Crippen LogP contribution in [0.2, 0.25) is 5.02 Å². The molecule has 1 N–H and O–H groups in total. The van der Waals surface area contributed by atoms with E-state index in [0.29, 0.717) is 6.04 Å². The molecular weight excluding hydrogens is 182 g/mol. The van der Waals surface area contributed by atoms with Crippen LogP contribution in [0.3, 0.4) is 0 Å². The molecule has 0 fully saturated rings. The molecule has 1 aromatic carbocycles. The first-order valence-corrected chi connectivity index (χ1v) is 4.72. The third-order valence-corrected chi connectivity index (χ3v) is 2.27. The van der Waals surface area contributed by atoms with Crippen LogP contribution in [0.4, 0.5) is 0 Å². The summed E-state index contributed by atoms with van der Waals surface area (Å²) in [5, 5.41) is 3.92. The molecule has 2 heteroatoms. The highest BCUT2D eigenvalue weighted by molar-refractivity contribution is 6.32. The lowest BCUT2D eigenvalue weighted by Crippen LogP contribution is -2.17. The molecule has 1 rings (SSSR count). The average molecular weight is 196 g/mol. The Morgan fingerprint density at radius 3 is 2.69 bits per heavy atom. The molecule has 0 amide bonds. The standard InChI is InChI=1S/C11H14ClN/c1-9(13-2)7-8-10-5-3-4-6-11(10)12/h3-9,13H,1-2H3/b8-7+. The summed E-state index contributed by atoms with van der Waals surface area (Å²) in [6.45, 7) is 2.09. The normalized spacial score (nSPS) is 13.5. The predicted octanol–water partition coefficient (Wildman–Crippen LogP) is 2.96. The van der Waals surface area contributed by atoms with Crippen LogP contribution in [0, 0.1) is 0 Å². The Balaban J connectivity index is 2.74. The van der Waals surface area contributed by atoms with Gasteiger partial charge in [-0.05, 0) is 25.6 Å². The van der Waals surface area contributed by atoms with E-state index in [0.717, 1.165) is 10.6 Å². The van der Waals surface area contributed by atoms with Crippen LogP contribution in [-0.4, -0.2) is 13.1 Å². The van der Waals surface area contributed by atoms with Crippen LogP contribution in [0.1, 0.15) is 12.5 Å². The number of nitrogens with one attached hydrogen (secondary N) is 1. The zero-order chi connectivity index (χ0) is 9.68. The van der Waals surface area contributed by atoms with Crippen LogP contribution in [-0.2, 0) is 0 Å². The Labute approximate surface area is 84.4 Å². The van der Waals surface area contributed by atoms with Gasteiger partial charge < -0.3 is 5.32 Å². The van der Waals surface area contributed by atoms with E-state index in [4.69, 9.17) is 11.6 Å². The molecule has 1 unspecified atom stereocenters. The lowest BCUT2D eigenvalue weighted by molar-refractivity contribution is 0.731. The molecule has 0 aromatic heterocycles. The Morgan fingerprint density at radius 1 is 1.38 bits per heavy atom. The number of likely N-dealkylation sites (N-methyl/N-ethyl adjacent to an activating group) is 1. The molecule has 13 heavy (non-hydrogen) atoms. The Bertz CT molecular complexity index is 294. The lowest BCUT2D eigenvalue weighted by Gasteiger charge is -2.02. The van der Waals surface area contributed by atoms with Crippen LogP contribution in [0.5, 0.6) is 0 Å². The Hall–Kier alpha value is -0.790. The van der Waals surface area contributed by atoms with Gasteiger partial charge in [0.1, 0.15) is 0 Å². The summed E-state index contributed by atoms with van der Waals surface area (Å²) in [6, 6.07) is 8.18. The molecule has 0 aliphatic carbocycles. The minimum absolute atomic E-state index is 0.372. The molecule has 1 nitrogen and oxygen atoms in total. The van der Waals surface area contributed by atoms with Crippen molar-refractivity contribution in [3.05, 3.63) is 40.9 Å². The van der Waals surface area contributed by atoms with Crippen molar-refractivity contribution in [3.63, 3.8) is 0 Å². The largest absolute Gasteiger partial charge is 0.314 e. The monoisotopic (exact) mass is 195 g/mol. The molecule has 70 valence electrons. The van der Waals surface area contributed by atoms with Crippen molar-refractivity contribution in [1.29, 1.82) is 0 Å². The van der Waals surface area contributed by atoms with Gasteiger partial charge in [0.2, 0.25) is 0 Å². The van der Waals surface area contributed by atoms with Gasteiger partial charge in [-0.1, -0.05) is 42.0 Å². The third-order valence-electron chi connectivity index (χ3n) is 1.93. The zero-order valence-electron chi connectivity index (χ0n) is 7.92. The van der Waals surface area contributed by atoms with Crippen LogP contribution in [0.15, 0.2) is 30.3 Å². The molecule has 0 saturated carbocycles. The first-order valence-electron chi connectivity index (χ1n) is 4.34. The van der Waals surface area contributed by atoms with Gasteiger partial charge in [0, 0.05) is 11.1 Å². The van der Waals surface area contributed by atoms with E-state index in [1.54, 1.807) is 0 Å². The molecular formula is C11H14ClN. The molecule has 0 aliphatic heterocycles. The topological polar surface area (TPSA) is 12.0 Å². The van der Waals surface area contributed by atoms with E-state index in [1.165, 1.54) is 0 Å². The SMILES string of the molecule is CNC(C)/C=C/c1ccccc1Cl. The minimum Gasteiger partial charge on any atom is -0.314 e. The van der Waals surface area contributed by atoms with Gasteiger partial charge in [0.25, 0.3) is 0 Å². The smallest absolute Gasteiger partial charge is 0.0478 e. The molecule has 0 saturated heterocycles. The highest BCUT2D eigenvalue weighted by atomic mass is 35.5. The van der Waals surface area contributed by atoms with Gasteiger partial charge in [-0.25, -0.2) is 0 Å². The van der Waals surface area contributed by atoms with E-state index in [1.807, 2.05) is 37.4 Å². The maximum absolute atomic E-state index is 5.98. The van der Waals surface area contributed by atoms with Gasteiger partial charge in [0.05, 0.1) is 0 Å². The van der Waals surface area contributed by atoms with Gasteiger partial charge in [0.15, 0.2) is 0 Å². The van der Waals surface area contributed by atoms with Gasteiger partial charge in [-0.2, -0.15) is 0 Å². The number of rotatable bonds is 3. The van der Waals surface area contributed by atoms with Gasteiger partial charge >= 0.3 is 0 Å². The van der Waals surface area contributed by atoms with Crippen LogP contribution < -0.4 is 5.32 Å². The zero-order valence-corrected chi connectivity index (χ0v) is 8.68. The second-order valence-electron chi connectivity index (χ2n) is 2.96. The summed E-state index contributed by atoms with van der Waals surface area (Å²) < 4.78 is 0. The van der Waals surface area contributed by atoms with Crippen molar-refractivity contribution in [1.82, 2.24) is 5.32 Å². The van der Waals surface area contributed by atoms with Crippen molar-refractivity contribution >= 4 is 17.7 Å². The van der Waals surface area contributed by atoms with Crippen molar-refractivity contribution in [2.45, 2.75) is 13.0 Å². The summed E-state index contributed by atoms with van der Waals surface area (Å²) >= 11 is 5.98. The third kappa shape index (κ3) is 3.21. The molecule has 0 heterocycles. The van der Waals surface area contributed by atoms with Crippen LogP contribution in [0.25, 0.3) is 6.08 Å². The fraction of sp³-hybridized carbons (Fsp3) is 0.273. The van der Waals surface area contributed by atoms with E-state index in [9.17, 15) is 0 Å². The fourth-order valence-electron chi connectivity index (χ4n) is 0.954. The summed E-state index contributed by atoms with van der Waals surface area (Å²) in [7, 11) is 1.93. The molecule has 0 spiro atoms. The molecule has 0 radical (unpaired) electrons. The number of halogens is 1.